The molecule has 0 atom stereocenters. The predicted octanol–water partition coefficient (Wildman–Crippen LogP) is 3.20. The number of aromatic nitrogens is 2. The van der Waals surface area contributed by atoms with Gasteiger partial charge in [0.15, 0.2) is 0 Å². The Bertz CT molecular complexity index is 877. The molecule has 1 heterocycles. The van der Waals surface area contributed by atoms with Crippen LogP contribution >= 0.6 is 0 Å². The molecule has 0 bridgehead atoms. The maximum atomic E-state index is 11.6. The largest absolute Gasteiger partial charge is 0.494 e. The minimum atomic E-state index is -0.108. The molecule has 1 amide bonds. The molecule has 3 rings (SSSR count). The number of carbonyl (C=O) groups excluding carboxylic acids is 1. The van der Waals surface area contributed by atoms with Gasteiger partial charge in [0, 0.05) is 26.6 Å². The molecule has 0 radical (unpaired) electrons. The highest BCUT2D eigenvalue weighted by molar-refractivity contribution is 5.77. The first-order valence-electron chi connectivity index (χ1n) is 9.65. The quantitative estimate of drug-likeness (QED) is 0.518. The molecular weight excluding hydrogens is 354 g/mol. The number of imidazole rings is 1. The van der Waals surface area contributed by atoms with E-state index in [1.807, 2.05) is 48.5 Å². The number of para-hydroxylation sites is 3. The molecule has 2 aromatic carbocycles. The van der Waals surface area contributed by atoms with Gasteiger partial charge < -0.3 is 19.4 Å². The summed E-state index contributed by atoms with van der Waals surface area (Å²) in [5.74, 6) is 1.79. The van der Waals surface area contributed by atoms with Crippen molar-refractivity contribution < 1.29 is 14.3 Å². The van der Waals surface area contributed by atoms with Crippen molar-refractivity contribution in [3.8, 4) is 5.75 Å². The Morgan fingerprint density at radius 1 is 1.07 bits per heavy atom. The van der Waals surface area contributed by atoms with Crippen LogP contribution in [-0.4, -0.2) is 42.3 Å². The van der Waals surface area contributed by atoms with E-state index in [-0.39, 0.29) is 12.5 Å². The summed E-state index contributed by atoms with van der Waals surface area (Å²) in [6, 6.07) is 18.0. The minimum absolute atomic E-state index is 0.0812. The van der Waals surface area contributed by atoms with Gasteiger partial charge in [-0.25, -0.2) is 4.98 Å². The molecule has 6 nitrogen and oxygen atoms in total. The normalized spacial score (nSPS) is 10.9. The summed E-state index contributed by atoms with van der Waals surface area (Å²) in [7, 11) is 1.51. The van der Waals surface area contributed by atoms with E-state index in [0.29, 0.717) is 19.6 Å². The third-order valence-electron chi connectivity index (χ3n) is 4.47. The smallest absolute Gasteiger partial charge is 0.245 e. The molecule has 6 heteroatoms. The van der Waals surface area contributed by atoms with Gasteiger partial charge >= 0.3 is 0 Å². The lowest BCUT2D eigenvalue weighted by Gasteiger charge is -2.11. The number of unbranched alkanes of at least 4 members (excludes halogenated alkanes) is 1. The molecule has 28 heavy (non-hydrogen) atoms. The lowest BCUT2D eigenvalue weighted by atomic mass is 10.3. The van der Waals surface area contributed by atoms with Crippen LogP contribution in [-0.2, 0) is 22.5 Å². The summed E-state index contributed by atoms with van der Waals surface area (Å²) in [6.45, 7) is 2.19. The number of ether oxygens (including phenoxy) is 2. The van der Waals surface area contributed by atoms with Gasteiger partial charge in [0.25, 0.3) is 0 Å². The number of hydrogen-bond donors (Lipinski definition) is 1. The lowest BCUT2D eigenvalue weighted by Crippen LogP contribution is -2.29. The Morgan fingerprint density at radius 3 is 2.68 bits per heavy atom. The first-order chi connectivity index (χ1) is 13.8. The molecule has 148 valence electrons. The highest BCUT2D eigenvalue weighted by Crippen LogP contribution is 2.17. The van der Waals surface area contributed by atoms with Crippen LogP contribution in [0, 0.1) is 0 Å². The van der Waals surface area contributed by atoms with E-state index in [9.17, 15) is 4.79 Å². The van der Waals surface area contributed by atoms with Gasteiger partial charge in [-0.1, -0.05) is 30.3 Å². The summed E-state index contributed by atoms with van der Waals surface area (Å²) in [4.78, 5) is 16.3. The van der Waals surface area contributed by atoms with Crippen molar-refractivity contribution in [1.29, 1.82) is 0 Å². The SMILES string of the molecule is COCC(=O)NCCc1nc2ccccc2n1CCCCOc1ccccc1. The zero-order valence-electron chi connectivity index (χ0n) is 16.3. The monoisotopic (exact) mass is 381 g/mol. The fourth-order valence-corrected chi connectivity index (χ4v) is 3.14. The van der Waals surface area contributed by atoms with Crippen molar-refractivity contribution in [2.75, 3.05) is 26.9 Å². The van der Waals surface area contributed by atoms with Crippen molar-refractivity contribution in [3.05, 3.63) is 60.4 Å². The number of nitrogens with one attached hydrogen (secondary N) is 1. The third kappa shape index (κ3) is 5.57. The predicted molar refractivity (Wildman–Crippen MR) is 109 cm³/mol. The Kier molecular flexibility index (Phi) is 7.44. The van der Waals surface area contributed by atoms with Crippen LogP contribution in [0.2, 0.25) is 0 Å². The summed E-state index contributed by atoms with van der Waals surface area (Å²) < 4.78 is 12.9. The molecular formula is C22H27N3O3. The second kappa shape index (κ2) is 10.5. The van der Waals surface area contributed by atoms with Crippen LogP contribution in [0.4, 0.5) is 0 Å². The first kappa shape index (κ1) is 19.9. The molecule has 1 aromatic heterocycles. The zero-order chi connectivity index (χ0) is 19.6. The van der Waals surface area contributed by atoms with Crippen molar-refractivity contribution in [2.24, 2.45) is 0 Å². The topological polar surface area (TPSA) is 65.4 Å². The second-order valence-corrected chi connectivity index (χ2v) is 6.57. The van der Waals surface area contributed by atoms with Crippen molar-refractivity contribution in [1.82, 2.24) is 14.9 Å². The van der Waals surface area contributed by atoms with E-state index in [1.54, 1.807) is 0 Å². The molecule has 0 unspecified atom stereocenters. The van der Waals surface area contributed by atoms with Crippen LogP contribution in [0.1, 0.15) is 18.7 Å². The van der Waals surface area contributed by atoms with Crippen LogP contribution in [0.25, 0.3) is 11.0 Å². The number of rotatable bonds is 11. The van der Waals surface area contributed by atoms with E-state index >= 15 is 0 Å². The van der Waals surface area contributed by atoms with Crippen LogP contribution in [0.15, 0.2) is 54.6 Å². The van der Waals surface area contributed by atoms with Crippen molar-refractivity contribution in [2.45, 2.75) is 25.8 Å². The van der Waals surface area contributed by atoms with Gasteiger partial charge in [0.2, 0.25) is 5.91 Å². The highest BCUT2D eigenvalue weighted by atomic mass is 16.5. The number of aryl methyl sites for hydroxylation is 1. The summed E-state index contributed by atoms with van der Waals surface area (Å²) in [5, 5.41) is 2.86. The van der Waals surface area contributed by atoms with Gasteiger partial charge in [0.05, 0.1) is 17.6 Å². The summed E-state index contributed by atoms with van der Waals surface area (Å²) in [6.07, 6.45) is 2.65. The van der Waals surface area contributed by atoms with Gasteiger partial charge in [-0.05, 0) is 37.1 Å². The molecule has 0 fully saturated rings. The number of amides is 1. The van der Waals surface area contributed by atoms with E-state index in [2.05, 4.69) is 16.0 Å². The number of benzene rings is 2. The maximum absolute atomic E-state index is 11.6. The van der Waals surface area contributed by atoms with Crippen LogP contribution < -0.4 is 10.1 Å². The third-order valence-corrected chi connectivity index (χ3v) is 4.47. The molecule has 0 saturated carbocycles. The average Bonchev–Trinajstić information content (AvgIpc) is 3.06. The molecule has 0 spiro atoms. The standard InChI is InChI=1S/C22H27N3O3/c1-27-17-22(26)23-14-13-21-24-19-11-5-6-12-20(19)25(21)15-7-8-16-28-18-9-3-2-4-10-18/h2-6,9-12H,7-8,13-17H2,1H3,(H,23,26). The van der Waals surface area contributed by atoms with Crippen LogP contribution in [0.5, 0.6) is 5.75 Å². The summed E-state index contributed by atoms with van der Waals surface area (Å²) in [5.41, 5.74) is 2.12. The van der Waals surface area contributed by atoms with Gasteiger partial charge in [-0.3, -0.25) is 4.79 Å². The lowest BCUT2D eigenvalue weighted by molar-refractivity contribution is -0.124. The van der Waals surface area contributed by atoms with Gasteiger partial charge in [-0.15, -0.1) is 0 Å². The number of methoxy groups -OCH3 is 1. The van der Waals surface area contributed by atoms with E-state index in [0.717, 1.165) is 42.0 Å². The molecule has 0 aliphatic carbocycles. The van der Waals surface area contributed by atoms with Gasteiger partial charge in [-0.2, -0.15) is 0 Å². The Balaban J connectivity index is 1.55. The Morgan fingerprint density at radius 2 is 1.86 bits per heavy atom. The van der Waals surface area contributed by atoms with Crippen molar-refractivity contribution >= 4 is 16.9 Å². The molecule has 0 aliphatic heterocycles. The zero-order valence-corrected chi connectivity index (χ0v) is 16.3. The number of fused-ring (bicyclic) bond motifs is 1. The average molecular weight is 381 g/mol. The van der Waals surface area contributed by atoms with E-state index in [1.165, 1.54) is 7.11 Å². The van der Waals surface area contributed by atoms with Crippen molar-refractivity contribution in [3.63, 3.8) is 0 Å². The first-order valence-corrected chi connectivity index (χ1v) is 9.65. The number of hydrogen-bond acceptors (Lipinski definition) is 4. The fourth-order valence-electron chi connectivity index (χ4n) is 3.14. The molecule has 0 saturated heterocycles. The second-order valence-electron chi connectivity index (χ2n) is 6.57. The van der Waals surface area contributed by atoms with E-state index < -0.39 is 0 Å². The molecule has 1 N–H and O–H groups in total. The number of nitrogens with zero attached hydrogens (tertiary/aromatic N) is 2. The Labute approximate surface area is 165 Å². The van der Waals surface area contributed by atoms with Crippen LogP contribution in [0.3, 0.4) is 0 Å². The molecule has 0 aliphatic rings. The highest BCUT2D eigenvalue weighted by Gasteiger charge is 2.10. The fraction of sp³-hybridized carbons (Fsp3) is 0.364. The number of carbonyl (C=O) groups is 1. The maximum Gasteiger partial charge on any atom is 0.245 e. The van der Waals surface area contributed by atoms with E-state index in [4.69, 9.17) is 14.5 Å². The molecule has 3 aromatic rings. The minimum Gasteiger partial charge on any atom is -0.494 e. The van der Waals surface area contributed by atoms with Gasteiger partial charge in [0.1, 0.15) is 18.2 Å². The summed E-state index contributed by atoms with van der Waals surface area (Å²) >= 11 is 0. The Hall–Kier alpha value is -2.86.